The monoisotopic (exact) mass is 282 g/mol. The molecule has 4 heteroatoms. The molecule has 0 aliphatic carbocycles. The van der Waals surface area contributed by atoms with E-state index in [-0.39, 0.29) is 6.04 Å². The van der Waals surface area contributed by atoms with E-state index >= 15 is 0 Å². The number of benzene rings is 1. The summed E-state index contributed by atoms with van der Waals surface area (Å²) in [5.74, 6) is 0.917. The van der Waals surface area contributed by atoms with Gasteiger partial charge in [-0.2, -0.15) is 0 Å². The highest BCUT2D eigenvalue weighted by Gasteiger charge is 2.12. The molecule has 0 bridgehead atoms. The molecule has 1 atom stereocenters. The predicted molar refractivity (Wildman–Crippen MR) is 80.0 cm³/mol. The Labute approximate surface area is 120 Å². The molecule has 1 saturated heterocycles. The van der Waals surface area contributed by atoms with Crippen LogP contribution in [0, 0.1) is 0 Å². The van der Waals surface area contributed by atoms with Crippen LogP contribution in [0.5, 0.6) is 5.75 Å². The van der Waals surface area contributed by atoms with Crippen LogP contribution in [0.3, 0.4) is 0 Å². The van der Waals surface area contributed by atoms with Gasteiger partial charge in [0.25, 0.3) is 0 Å². The highest BCUT2D eigenvalue weighted by atomic mass is 35.5. The lowest BCUT2D eigenvalue weighted by atomic mass is 10.1. The molecule has 0 amide bonds. The van der Waals surface area contributed by atoms with Crippen molar-refractivity contribution in [1.82, 2.24) is 4.90 Å². The topological polar surface area (TPSA) is 38.5 Å². The van der Waals surface area contributed by atoms with Gasteiger partial charge < -0.3 is 10.5 Å². The van der Waals surface area contributed by atoms with Crippen molar-refractivity contribution in [2.45, 2.75) is 32.2 Å². The Bertz CT molecular complexity index is 403. The number of hydrogen-bond donors (Lipinski definition) is 1. The first-order valence-corrected chi connectivity index (χ1v) is 7.42. The van der Waals surface area contributed by atoms with Crippen LogP contribution in [0.4, 0.5) is 0 Å². The number of halogens is 1. The number of rotatable bonds is 6. The summed E-state index contributed by atoms with van der Waals surface area (Å²) in [6.45, 7) is 6.14. The van der Waals surface area contributed by atoms with E-state index in [2.05, 4.69) is 4.90 Å². The van der Waals surface area contributed by atoms with Gasteiger partial charge >= 0.3 is 0 Å². The molecular weight excluding hydrogens is 260 g/mol. The third-order valence-corrected chi connectivity index (χ3v) is 3.66. The van der Waals surface area contributed by atoms with E-state index in [1.165, 1.54) is 25.9 Å². The lowest BCUT2D eigenvalue weighted by Crippen LogP contribution is -2.25. The third kappa shape index (κ3) is 4.68. The normalized spacial score (nSPS) is 17.6. The standard InChI is InChI=1S/C15H23ClN2O/c1-12(17)10-13-11-14(16)4-5-15(13)19-9-8-18-6-2-3-7-18/h4-5,11-12H,2-3,6-10,17H2,1H3. The molecule has 0 saturated carbocycles. The van der Waals surface area contributed by atoms with Crippen LogP contribution in [-0.4, -0.2) is 37.2 Å². The Morgan fingerprint density at radius 1 is 1.37 bits per heavy atom. The van der Waals surface area contributed by atoms with Crippen LogP contribution in [0.25, 0.3) is 0 Å². The third-order valence-electron chi connectivity index (χ3n) is 3.43. The van der Waals surface area contributed by atoms with Crippen molar-refractivity contribution < 1.29 is 4.74 Å². The fraction of sp³-hybridized carbons (Fsp3) is 0.600. The van der Waals surface area contributed by atoms with Gasteiger partial charge in [0, 0.05) is 17.6 Å². The minimum absolute atomic E-state index is 0.111. The summed E-state index contributed by atoms with van der Waals surface area (Å²) >= 11 is 6.03. The molecule has 1 aliphatic heterocycles. The van der Waals surface area contributed by atoms with Gasteiger partial charge in [-0.1, -0.05) is 11.6 Å². The molecule has 106 valence electrons. The van der Waals surface area contributed by atoms with Gasteiger partial charge in [-0.15, -0.1) is 0 Å². The molecule has 2 rings (SSSR count). The van der Waals surface area contributed by atoms with Crippen LogP contribution in [0.15, 0.2) is 18.2 Å². The Hall–Kier alpha value is -0.770. The SMILES string of the molecule is CC(N)Cc1cc(Cl)ccc1OCCN1CCCC1. The number of likely N-dealkylation sites (tertiary alicyclic amines) is 1. The van der Waals surface area contributed by atoms with Crippen LogP contribution < -0.4 is 10.5 Å². The quantitative estimate of drug-likeness (QED) is 0.872. The van der Waals surface area contributed by atoms with Gasteiger partial charge in [-0.3, -0.25) is 4.90 Å². The Morgan fingerprint density at radius 2 is 2.11 bits per heavy atom. The molecule has 2 N–H and O–H groups in total. The summed E-state index contributed by atoms with van der Waals surface area (Å²) in [7, 11) is 0. The molecule has 1 aromatic carbocycles. The summed E-state index contributed by atoms with van der Waals surface area (Å²) < 4.78 is 5.90. The zero-order chi connectivity index (χ0) is 13.7. The molecule has 1 fully saturated rings. The molecular formula is C15H23ClN2O. The molecule has 0 radical (unpaired) electrons. The molecule has 3 nitrogen and oxygen atoms in total. The lowest BCUT2D eigenvalue weighted by Gasteiger charge is -2.17. The largest absolute Gasteiger partial charge is 0.492 e. The molecule has 1 heterocycles. The second-order valence-corrected chi connectivity index (χ2v) is 5.77. The van der Waals surface area contributed by atoms with Crippen molar-refractivity contribution in [1.29, 1.82) is 0 Å². The maximum atomic E-state index is 6.03. The number of ether oxygens (including phenoxy) is 1. The minimum atomic E-state index is 0.111. The first-order chi connectivity index (χ1) is 9.15. The Morgan fingerprint density at radius 3 is 2.79 bits per heavy atom. The first-order valence-electron chi connectivity index (χ1n) is 7.04. The summed E-state index contributed by atoms with van der Waals surface area (Å²) in [4.78, 5) is 2.45. The van der Waals surface area contributed by atoms with Crippen LogP contribution in [-0.2, 0) is 6.42 Å². The van der Waals surface area contributed by atoms with Crippen molar-refractivity contribution in [2.75, 3.05) is 26.2 Å². The second kappa shape index (κ2) is 7.13. The maximum absolute atomic E-state index is 6.03. The van der Waals surface area contributed by atoms with Crippen LogP contribution in [0.1, 0.15) is 25.3 Å². The van der Waals surface area contributed by atoms with Crippen LogP contribution >= 0.6 is 11.6 Å². The molecule has 0 aromatic heterocycles. The average molecular weight is 283 g/mol. The highest BCUT2D eigenvalue weighted by Crippen LogP contribution is 2.24. The molecule has 1 aliphatic rings. The fourth-order valence-electron chi connectivity index (χ4n) is 2.49. The summed E-state index contributed by atoms with van der Waals surface area (Å²) in [6.07, 6.45) is 3.42. The van der Waals surface area contributed by atoms with Gasteiger partial charge in [0.05, 0.1) is 0 Å². The van der Waals surface area contributed by atoms with E-state index in [1.54, 1.807) is 0 Å². The first kappa shape index (κ1) is 14.6. The van der Waals surface area contributed by atoms with Gasteiger partial charge in [-0.25, -0.2) is 0 Å². The average Bonchev–Trinajstić information content (AvgIpc) is 2.84. The zero-order valence-corrected chi connectivity index (χ0v) is 12.3. The van der Waals surface area contributed by atoms with Gasteiger partial charge in [-0.05, 0) is 63.0 Å². The zero-order valence-electron chi connectivity index (χ0n) is 11.6. The summed E-state index contributed by atoms with van der Waals surface area (Å²) in [5, 5.41) is 0.738. The summed E-state index contributed by atoms with van der Waals surface area (Å²) in [6, 6.07) is 5.89. The fourth-order valence-corrected chi connectivity index (χ4v) is 2.68. The molecule has 19 heavy (non-hydrogen) atoms. The van der Waals surface area contributed by atoms with E-state index in [4.69, 9.17) is 22.1 Å². The van der Waals surface area contributed by atoms with Crippen molar-refractivity contribution in [3.63, 3.8) is 0 Å². The molecule has 1 aromatic rings. The van der Waals surface area contributed by atoms with E-state index in [9.17, 15) is 0 Å². The Balaban J connectivity index is 1.90. The smallest absolute Gasteiger partial charge is 0.122 e. The number of nitrogens with two attached hydrogens (primary N) is 1. The van der Waals surface area contributed by atoms with Crippen LogP contribution in [0.2, 0.25) is 5.02 Å². The lowest BCUT2D eigenvalue weighted by molar-refractivity contribution is 0.236. The van der Waals surface area contributed by atoms with Gasteiger partial charge in [0.2, 0.25) is 0 Å². The van der Waals surface area contributed by atoms with Crippen molar-refractivity contribution >= 4 is 11.6 Å². The van der Waals surface area contributed by atoms with Gasteiger partial charge in [0.15, 0.2) is 0 Å². The molecule has 1 unspecified atom stereocenters. The van der Waals surface area contributed by atoms with E-state index in [0.29, 0.717) is 0 Å². The molecule has 0 spiro atoms. The van der Waals surface area contributed by atoms with E-state index in [0.717, 1.165) is 35.9 Å². The van der Waals surface area contributed by atoms with Crippen molar-refractivity contribution in [3.8, 4) is 5.75 Å². The number of hydrogen-bond acceptors (Lipinski definition) is 3. The predicted octanol–water partition coefficient (Wildman–Crippen LogP) is 2.70. The second-order valence-electron chi connectivity index (χ2n) is 5.33. The van der Waals surface area contributed by atoms with Crippen molar-refractivity contribution in [2.24, 2.45) is 5.73 Å². The minimum Gasteiger partial charge on any atom is -0.492 e. The van der Waals surface area contributed by atoms with E-state index in [1.807, 2.05) is 25.1 Å². The summed E-state index contributed by atoms with van der Waals surface area (Å²) in [5.41, 5.74) is 6.97. The number of nitrogens with zero attached hydrogens (tertiary/aromatic N) is 1. The highest BCUT2D eigenvalue weighted by molar-refractivity contribution is 6.30. The van der Waals surface area contributed by atoms with Crippen molar-refractivity contribution in [3.05, 3.63) is 28.8 Å². The maximum Gasteiger partial charge on any atom is 0.122 e. The Kier molecular flexibility index (Phi) is 5.49. The van der Waals surface area contributed by atoms with E-state index < -0.39 is 0 Å². The van der Waals surface area contributed by atoms with Gasteiger partial charge in [0.1, 0.15) is 12.4 Å².